The van der Waals surface area contributed by atoms with Gasteiger partial charge in [0, 0.05) is 58.0 Å². The van der Waals surface area contributed by atoms with Crippen LogP contribution in [0.15, 0.2) is 75.9 Å². The molecular formula is C52H52FeN4O8+2. The Morgan fingerprint density at radius 2 is 1.09 bits per heavy atom. The van der Waals surface area contributed by atoms with Crippen molar-refractivity contribution in [1.29, 1.82) is 0 Å². The Labute approximate surface area is 387 Å². The average molecular weight is 917 g/mol. The van der Waals surface area contributed by atoms with E-state index >= 15 is 0 Å². The van der Waals surface area contributed by atoms with Gasteiger partial charge in [-0.2, -0.15) is 0 Å². The molecule has 65 heavy (non-hydrogen) atoms. The number of aryl methyl sites for hydroxylation is 5. The summed E-state index contributed by atoms with van der Waals surface area (Å²) in [6.07, 6.45) is 1.38. The molecule has 6 heterocycles. The van der Waals surface area contributed by atoms with Crippen molar-refractivity contribution < 1.29 is 50.0 Å². The van der Waals surface area contributed by atoms with Gasteiger partial charge in [-0.15, -0.1) is 0 Å². The Kier molecular flexibility index (Phi) is 13.7. The molecule has 8 bridgehead atoms. The van der Waals surface area contributed by atoms with E-state index in [4.69, 9.17) is 33.3 Å². The number of aromatic nitrogens is 4. The van der Waals surface area contributed by atoms with Gasteiger partial charge in [-0.3, -0.25) is 9.59 Å². The maximum absolute atomic E-state index is 12.4. The number of carbonyl (C=O) groups excluding carboxylic acids is 2. The number of H-pyrrole nitrogens is 2. The third-order valence-corrected chi connectivity index (χ3v) is 12.6. The summed E-state index contributed by atoms with van der Waals surface area (Å²) in [6.45, 7) is 15.0. The normalized spacial score (nSPS) is 12.4. The zero-order valence-electron chi connectivity index (χ0n) is 38.1. The van der Waals surface area contributed by atoms with Crippen molar-refractivity contribution in [3.63, 3.8) is 0 Å². The molecule has 2 N–H and O–H groups in total. The van der Waals surface area contributed by atoms with E-state index in [-0.39, 0.29) is 48.5 Å². The van der Waals surface area contributed by atoms with Crippen LogP contribution >= 0.6 is 0 Å². The summed E-state index contributed by atoms with van der Waals surface area (Å²) in [5.74, 6) is 0.685. The minimum Gasteiger partial charge on any atom is -0.490 e. The quantitative estimate of drug-likeness (QED) is 0.0524. The minimum absolute atomic E-state index is 0. The van der Waals surface area contributed by atoms with Crippen LogP contribution in [0.3, 0.4) is 0 Å². The maximum atomic E-state index is 12.4. The molecule has 0 atom stereocenters. The molecule has 2 aliphatic heterocycles. The van der Waals surface area contributed by atoms with E-state index < -0.39 is 5.63 Å². The van der Waals surface area contributed by atoms with Gasteiger partial charge in [-0.25, -0.2) is 14.8 Å². The first-order chi connectivity index (χ1) is 30.7. The third kappa shape index (κ3) is 9.30. The fourth-order valence-electron chi connectivity index (χ4n) is 8.51. The molecule has 0 saturated carbocycles. The summed E-state index contributed by atoms with van der Waals surface area (Å²) in [7, 11) is 2.81. The molecule has 0 aliphatic carbocycles. The Morgan fingerprint density at radius 3 is 1.60 bits per heavy atom. The molecule has 0 unspecified atom stereocenters. The first-order valence-electron chi connectivity index (χ1n) is 21.4. The number of nitrogens with one attached hydrogen (secondary N) is 2. The van der Waals surface area contributed by atoms with Crippen LogP contribution in [-0.2, 0) is 49.0 Å². The van der Waals surface area contributed by atoms with Crippen molar-refractivity contribution in [2.75, 3.05) is 27.4 Å². The zero-order valence-corrected chi connectivity index (χ0v) is 39.2. The first kappa shape index (κ1) is 46.3. The van der Waals surface area contributed by atoms with Gasteiger partial charge in [0.15, 0.2) is 0 Å². The van der Waals surface area contributed by atoms with Gasteiger partial charge < -0.3 is 33.3 Å². The SMILES string of the molecule is COC(=O)CCc1c(C)c2cc3nc(c(-c4ccc(OCCOc5ccc6c(C)cc(=O)oc6c5)cc4)c4nc(cc5[nH]c(cc1[nH]2)c(CCC(=O)OC)c5C)C(C)=C4C)C(C)=C3C.[Fe+2]. The van der Waals surface area contributed by atoms with Crippen LogP contribution in [0.2, 0.25) is 0 Å². The number of esters is 2. The molecule has 0 saturated heterocycles. The second-order valence-electron chi connectivity index (χ2n) is 16.4. The van der Waals surface area contributed by atoms with E-state index in [1.54, 1.807) is 6.07 Å². The molecule has 8 rings (SSSR count). The number of rotatable bonds is 12. The number of hydrogen-bond donors (Lipinski definition) is 2. The van der Waals surface area contributed by atoms with Crippen LogP contribution < -0.4 is 15.1 Å². The smallest absolute Gasteiger partial charge is 0.490 e. The van der Waals surface area contributed by atoms with Crippen LogP contribution in [0.4, 0.5) is 0 Å². The summed E-state index contributed by atoms with van der Waals surface area (Å²) < 4.78 is 27.5. The fraction of sp³-hybridized carbons (Fsp3) is 0.288. The zero-order chi connectivity index (χ0) is 45.4. The number of ether oxygens (including phenoxy) is 4. The Hall–Kier alpha value is -6.69. The number of benzene rings is 2. The number of hydrogen-bond acceptors (Lipinski definition) is 10. The number of fused-ring (bicyclic) bond motifs is 9. The molecule has 334 valence electrons. The van der Waals surface area contributed by atoms with E-state index in [0.29, 0.717) is 36.5 Å². The molecule has 2 aromatic carbocycles. The standard InChI is InChI=1S/C52H52N4O8.Fe/c1-27-22-49(59)64-46-23-36(14-15-37(27)46)63-21-20-62-35-12-10-34(11-13-35)50-51-30(4)28(2)40(55-51)24-42-32(6)38(16-18-47(57)60-8)44(53-42)26-45-39(17-19-48(58)61-9)33(7)43(54-45)25-41-29(3)31(5)52(50)56-41;/h10-15,22-26,53-54H,16-21H2,1-9H3;/q;+2. The van der Waals surface area contributed by atoms with Crippen molar-refractivity contribution in [3.8, 4) is 22.6 Å². The average Bonchev–Trinajstić information content (AvgIpc) is 3.93. The monoisotopic (exact) mass is 916 g/mol. The molecule has 0 amide bonds. The number of nitrogens with zero attached hydrogens (tertiary/aromatic N) is 2. The topological polar surface area (TPSA) is 159 Å². The molecule has 6 aromatic rings. The molecule has 0 fully saturated rings. The third-order valence-electron chi connectivity index (χ3n) is 12.6. The van der Waals surface area contributed by atoms with Crippen LogP contribution in [0, 0.1) is 20.8 Å². The van der Waals surface area contributed by atoms with Crippen molar-refractivity contribution in [2.24, 2.45) is 0 Å². The van der Waals surface area contributed by atoms with Crippen LogP contribution in [-0.4, -0.2) is 59.3 Å². The predicted molar refractivity (Wildman–Crippen MR) is 251 cm³/mol. The fourth-order valence-corrected chi connectivity index (χ4v) is 8.51. The van der Waals surface area contributed by atoms with Crippen LogP contribution in [0.1, 0.15) is 91.1 Å². The molecule has 0 radical (unpaired) electrons. The van der Waals surface area contributed by atoms with Crippen LogP contribution in [0.25, 0.3) is 66.5 Å². The Balaban J connectivity index is 0.00000630. The second kappa shape index (κ2) is 19.2. The number of allylic oxidation sites excluding steroid dienone is 4. The second-order valence-corrected chi connectivity index (χ2v) is 16.4. The summed E-state index contributed by atoms with van der Waals surface area (Å²) >= 11 is 0. The van der Waals surface area contributed by atoms with Crippen LogP contribution in [0.5, 0.6) is 11.5 Å². The van der Waals surface area contributed by atoms with E-state index in [0.717, 1.165) is 111 Å². The first-order valence-corrected chi connectivity index (χ1v) is 21.4. The van der Waals surface area contributed by atoms with E-state index in [2.05, 4.69) is 69.7 Å². The van der Waals surface area contributed by atoms with Gasteiger partial charge in [-0.05, 0) is 159 Å². The maximum Gasteiger partial charge on any atom is 2.00 e. The van der Waals surface area contributed by atoms with E-state index in [9.17, 15) is 14.4 Å². The van der Waals surface area contributed by atoms with Gasteiger partial charge in [0.25, 0.3) is 0 Å². The van der Waals surface area contributed by atoms with Gasteiger partial charge in [0.2, 0.25) is 0 Å². The largest absolute Gasteiger partial charge is 2.00 e. The summed E-state index contributed by atoms with van der Waals surface area (Å²) in [5.41, 5.74) is 17.7. The number of carbonyl (C=O) groups is 2. The van der Waals surface area contributed by atoms with Gasteiger partial charge in [-0.1, -0.05) is 12.1 Å². The Bertz CT molecular complexity index is 3040. The molecular weight excluding hydrogens is 864 g/mol. The molecule has 2 aliphatic rings. The van der Waals surface area contributed by atoms with Gasteiger partial charge in [0.1, 0.15) is 30.3 Å². The summed E-state index contributed by atoms with van der Waals surface area (Å²) in [5, 5.41) is 0.861. The van der Waals surface area contributed by atoms with Gasteiger partial charge >= 0.3 is 34.6 Å². The number of aromatic amines is 2. The predicted octanol–water partition coefficient (Wildman–Crippen LogP) is 10.6. The van der Waals surface area contributed by atoms with Crippen molar-refractivity contribution >= 4 is 67.3 Å². The molecule has 4 aromatic heterocycles. The Morgan fingerprint density at radius 1 is 0.600 bits per heavy atom. The van der Waals surface area contributed by atoms with Crippen molar-refractivity contribution in [3.05, 3.63) is 128 Å². The molecule has 13 heteroatoms. The van der Waals surface area contributed by atoms with Gasteiger partial charge in [0.05, 0.1) is 37.0 Å². The van der Waals surface area contributed by atoms with E-state index in [1.807, 2.05) is 43.3 Å². The minimum atomic E-state index is -0.396. The van der Waals surface area contributed by atoms with E-state index in [1.165, 1.54) is 20.3 Å². The summed E-state index contributed by atoms with van der Waals surface area (Å²) in [4.78, 5) is 54.8. The van der Waals surface area contributed by atoms with Crippen molar-refractivity contribution in [1.82, 2.24) is 19.9 Å². The summed E-state index contributed by atoms with van der Waals surface area (Å²) in [6, 6.07) is 21.1. The molecule has 12 nitrogen and oxygen atoms in total. The molecule has 0 spiro atoms. The van der Waals surface area contributed by atoms with Crippen molar-refractivity contribution in [2.45, 2.75) is 74.1 Å². The number of methoxy groups -OCH3 is 2.